The van der Waals surface area contributed by atoms with Crippen LogP contribution in [-0.2, 0) is 6.54 Å². The van der Waals surface area contributed by atoms with Crippen LogP contribution in [0.1, 0.15) is 24.8 Å². The van der Waals surface area contributed by atoms with E-state index >= 15 is 0 Å². The summed E-state index contributed by atoms with van der Waals surface area (Å²) < 4.78 is 5.48. The van der Waals surface area contributed by atoms with Gasteiger partial charge in [0, 0.05) is 18.5 Å². The van der Waals surface area contributed by atoms with E-state index in [2.05, 4.69) is 41.6 Å². The maximum absolute atomic E-state index is 5.48. The molecule has 0 amide bonds. The van der Waals surface area contributed by atoms with Crippen LogP contribution in [0.15, 0.2) is 36.4 Å². The largest absolute Gasteiger partial charge is 0.496 e. The second kappa shape index (κ2) is 7.57. The Hall–Kier alpha value is -1.98. The van der Waals surface area contributed by atoms with Gasteiger partial charge in [-0.25, -0.2) is 0 Å². The third-order valence-corrected chi connectivity index (χ3v) is 3.44. The number of methoxy groups -OCH3 is 1. The lowest BCUT2D eigenvalue weighted by atomic mass is 10.0. The van der Waals surface area contributed by atoms with Gasteiger partial charge in [-0.3, -0.25) is 0 Å². The van der Waals surface area contributed by atoms with Crippen molar-refractivity contribution in [2.45, 2.75) is 25.8 Å². The van der Waals surface area contributed by atoms with Crippen LogP contribution >= 0.6 is 0 Å². The third kappa shape index (κ3) is 3.53. The molecule has 0 aliphatic rings. The zero-order valence-corrected chi connectivity index (χ0v) is 12.0. The summed E-state index contributed by atoms with van der Waals surface area (Å²) in [6.45, 7) is 1.80. The highest BCUT2D eigenvalue weighted by Crippen LogP contribution is 2.27. The molecule has 2 aromatic carbocycles. The third-order valence-electron chi connectivity index (χ3n) is 3.44. The summed E-state index contributed by atoms with van der Waals surface area (Å²) in [4.78, 5) is 0. The first-order valence-corrected chi connectivity index (χ1v) is 7.05. The molecule has 0 aliphatic heterocycles. The summed E-state index contributed by atoms with van der Waals surface area (Å²) in [6.07, 6.45) is 8.30. The Bertz CT molecular complexity index is 598. The molecule has 2 aromatic rings. The van der Waals surface area contributed by atoms with Crippen LogP contribution in [0.25, 0.3) is 10.8 Å². The standard InChI is InChI=1S/C18H21NO/c1-3-4-5-8-13-19-14-17-16-10-7-6-9-15(16)11-12-18(17)20-2/h1,6-7,9-12,19H,4-5,8,13-14H2,2H3. The van der Waals surface area contributed by atoms with Crippen molar-refractivity contribution >= 4 is 10.8 Å². The van der Waals surface area contributed by atoms with E-state index in [4.69, 9.17) is 11.2 Å². The summed E-state index contributed by atoms with van der Waals surface area (Å²) in [5.74, 6) is 3.62. The van der Waals surface area contributed by atoms with Crippen molar-refractivity contribution < 1.29 is 4.74 Å². The number of terminal acetylenes is 1. The zero-order valence-electron chi connectivity index (χ0n) is 12.0. The van der Waals surface area contributed by atoms with Crippen LogP contribution in [0.4, 0.5) is 0 Å². The normalized spacial score (nSPS) is 10.4. The molecular weight excluding hydrogens is 246 g/mol. The molecule has 2 rings (SSSR count). The monoisotopic (exact) mass is 267 g/mol. The van der Waals surface area contributed by atoms with Crippen LogP contribution in [-0.4, -0.2) is 13.7 Å². The van der Waals surface area contributed by atoms with Crippen molar-refractivity contribution in [2.24, 2.45) is 0 Å². The molecule has 104 valence electrons. The number of fused-ring (bicyclic) bond motifs is 1. The van der Waals surface area contributed by atoms with E-state index in [0.29, 0.717) is 0 Å². The van der Waals surface area contributed by atoms with Crippen LogP contribution in [0.3, 0.4) is 0 Å². The summed E-state index contributed by atoms with van der Waals surface area (Å²) in [6, 6.07) is 12.5. The van der Waals surface area contributed by atoms with Gasteiger partial charge in [-0.1, -0.05) is 30.3 Å². The van der Waals surface area contributed by atoms with Crippen molar-refractivity contribution in [3.05, 3.63) is 42.0 Å². The number of hydrogen-bond acceptors (Lipinski definition) is 2. The highest BCUT2D eigenvalue weighted by molar-refractivity contribution is 5.87. The minimum atomic E-state index is 0.820. The SMILES string of the molecule is C#CCCCCNCc1c(OC)ccc2ccccc12. The molecule has 0 spiro atoms. The van der Waals surface area contributed by atoms with Gasteiger partial charge in [-0.2, -0.15) is 0 Å². The topological polar surface area (TPSA) is 21.3 Å². The minimum absolute atomic E-state index is 0.820. The molecule has 1 N–H and O–H groups in total. The smallest absolute Gasteiger partial charge is 0.123 e. The molecule has 0 atom stereocenters. The molecule has 0 aliphatic carbocycles. The van der Waals surface area contributed by atoms with Crippen LogP contribution in [0, 0.1) is 12.3 Å². The average molecular weight is 267 g/mol. The Labute approximate surface area is 121 Å². The van der Waals surface area contributed by atoms with Crippen molar-refractivity contribution in [3.63, 3.8) is 0 Å². The molecule has 2 nitrogen and oxygen atoms in total. The van der Waals surface area contributed by atoms with Crippen molar-refractivity contribution in [2.75, 3.05) is 13.7 Å². The predicted octanol–water partition coefficient (Wildman–Crippen LogP) is 3.74. The fourth-order valence-corrected chi connectivity index (χ4v) is 2.38. The van der Waals surface area contributed by atoms with Crippen molar-refractivity contribution in [1.29, 1.82) is 0 Å². The lowest BCUT2D eigenvalue weighted by Crippen LogP contribution is -2.15. The van der Waals surface area contributed by atoms with Crippen LogP contribution in [0.2, 0.25) is 0 Å². The summed E-state index contributed by atoms with van der Waals surface area (Å²) >= 11 is 0. The molecule has 0 fully saturated rings. The van der Waals surface area contributed by atoms with Gasteiger partial charge < -0.3 is 10.1 Å². The van der Waals surface area contributed by atoms with Gasteiger partial charge in [-0.05, 0) is 36.2 Å². The van der Waals surface area contributed by atoms with Crippen LogP contribution < -0.4 is 10.1 Å². The Kier molecular flexibility index (Phi) is 5.46. The first-order valence-electron chi connectivity index (χ1n) is 7.05. The van der Waals surface area contributed by atoms with Crippen molar-refractivity contribution in [1.82, 2.24) is 5.32 Å². The number of unbranched alkanes of at least 4 members (excludes halogenated alkanes) is 2. The van der Waals surface area contributed by atoms with Gasteiger partial charge in [-0.15, -0.1) is 12.3 Å². The van der Waals surface area contributed by atoms with Gasteiger partial charge in [0.2, 0.25) is 0 Å². The Morgan fingerprint density at radius 3 is 2.80 bits per heavy atom. The van der Waals surface area contributed by atoms with Gasteiger partial charge in [0.05, 0.1) is 7.11 Å². The molecule has 0 aromatic heterocycles. The van der Waals surface area contributed by atoms with E-state index in [1.54, 1.807) is 7.11 Å². The molecule has 0 radical (unpaired) electrons. The molecule has 0 unspecified atom stereocenters. The first-order chi connectivity index (χ1) is 9.86. The highest BCUT2D eigenvalue weighted by Gasteiger charge is 2.07. The number of rotatable bonds is 7. The second-order valence-corrected chi connectivity index (χ2v) is 4.81. The molecule has 0 saturated carbocycles. The maximum Gasteiger partial charge on any atom is 0.123 e. The Morgan fingerprint density at radius 2 is 2.00 bits per heavy atom. The van der Waals surface area contributed by atoms with Gasteiger partial charge >= 0.3 is 0 Å². The minimum Gasteiger partial charge on any atom is -0.496 e. The molecule has 0 saturated heterocycles. The lowest BCUT2D eigenvalue weighted by Gasteiger charge is -2.13. The zero-order chi connectivity index (χ0) is 14.2. The summed E-state index contributed by atoms with van der Waals surface area (Å²) in [7, 11) is 1.72. The quantitative estimate of drug-likeness (QED) is 0.609. The maximum atomic E-state index is 5.48. The van der Waals surface area contributed by atoms with Gasteiger partial charge in [0.25, 0.3) is 0 Å². The molecule has 2 heteroatoms. The molecule has 0 heterocycles. The second-order valence-electron chi connectivity index (χ2n) is 4.81. The van der Waals surface area contributed by atoms with E-state index in [0.717, 1.165) is 38.1 Å². The number of hydrogen-bond donors (Lipinski definition) is 1. The predicted molar refractivity (Wildman–Crippen MR) is 84.9 cm³/mol. The van der Waals surface area contributed by atoms with E-state index in [1.807, 2.05) is 6.07 Å². The van der Waals surface area contributed by atoms with Crippen molar-refractivity contribution in [3.8, 4) is 18.1 Å². The van der Waals surface area contributed by atoms with E-state index < -0.39 is 0 Å². The van der Waals surface area contributed by atoms with Crippen LogP contribution in [0.5, 0.6) is 5.75 Å². The molecular formula is C18H21NO. The number of benzene rings is 2. The van der Waals surface area contributed by atoms with Gasteiger partial charge in [0.1, 0.15) is 5.75 Å². The first kappa shape index (κ1) is 14.4. The molecule has 0 bridgehead atoms. The number of ether oxygens (including phenoxy) is 1. The molecule has 20 heavy (non-hydrogen) atoms. The van der Waals surface area contributed by atoms with E-state index in [1.165, 1.54) is 16.3 Å². The van der Waals surface area contributed by atoms with Gasteiger partial charge in [0.15, 0.2) is 0 Å². The highest BCUT2D eigenvalue weighted by atomic mass is 16.5. The number of nitrogens with one attached hydrogen (secondary N) is 1. The van der Waals surface area contributed by atoms with E-state index in [9.17, 15) is 0 Å². The summed E-state index contributed by atoms with van der Waals surface area (Å²) in [5.41, 5.74) is 1.22. The lowest BCUT2D eigenvalue weighted by molar-refractivity contribution is 0.408. The fraction of sp³-hybridized carbons (Fsp3) is 0.333. The fourth-order valence-electron chi connectivity index (χ4n) is 2.38. The Morgan fingerprint density at radius 1 is 1.15 bits per heavy atom. The average Bonchev–Trinajstić information content (AvgIpc) is 2.50. The van der Waals surface area contributed by atoms with E-state index in [-0.39, 0.29) is 0 Å². The summed E-state index contributed by atoms with van der Waals surface area (Å²) in [5, 5.41) is 5.98. The Balaban J connectivity index is 2.06.